The third-order valence-electron chi connectivity index (χ3n) is 2.56. The Balaban J connectivity index is 2.17. The number of hydrogen-bond donors (Lipinski definition) is 1. The number of carboxylic acid groups (broad SMARTS) is 1. The van der Waals surface area contributed by atoms with Crippen molar-refractivity contribution in [3.63, 3.8) is 0 Å². The Hall–Kier alpha value is -2.30. The number of oxazole rings is 1. The summed E-state index contributed by atoms with van der Waals surface area (Å²) in [6, 6.07) is 5.70. The number of carboxylic acids is 1. The molecule has 0 aliphatic heterocycles. The lowest BCUT2D eigenvalue weighted by Crippen LogP contribution is -2.16. The van der Waals surface area contributed by atoms with Crippen molar-refractivity contribution in [1.82, 2.24) is 4.98 Å². The number of benzene rings is 1. The Morgan fingerprint density at radius 3 is 3.06 bits per heavy atom. The highest BCUT2D eigenvalue weighted by atomic mass is 16.4. The maximum Gasteiger partial charge on any atom is 0.328 e. The molecule has 18 heavy (non-hydrogen) atoms. The Kier molecular flexibility index (Phi) is 3.32. The van der Waals surface area contributed by atoms with E-state index in [-0.39, 0.29) is 0 Å². The van der Waals surface area contributed by atoms with Crippen LogP contribution in [0.5, 0.6) is 0 Å². The number of aliphatic carboxylic acids is 1. The van der Waals surface area contributed by atoms with Crippen molar-refractivity contribution in [2.24, 2.45) is 0 Å². The molecule has 0 saturated heterocycles. The molecule has 0 radical (unpaired) electrons. The Bertz CT molecular complexity index is 601. The number of aromatic nitrogens is 1. The third-order valence-corrected chi connectivity index (χ3v) is 2.56. The monoisotopic (exact) mass is 246 g/mol. The summed E-state index contributed by atoms with van der Waals surface area (Å²) >= 11 is 0. The van der Waals surface area contributed by atoms with E-state index in [4.69, 9.17) is 9.52 Å². The van der Waals surface area contributed by atoms with E-state index in [1.165, 1.54) is 0 Å². The Morgan fingerprint density at radius 1 is 1.56 bits per heavy atom. The van der Waals surface area contributed by atoms with Crippen molar-refractivity contribution >= 4 is 22.8 Å². The molecule has 0 aliphatic rings. The second-order valence-corrected chi connectivity index (χ2v) is 4.01. The smallest absolute Gasteiger partial charge is 0.328 e. The van der Waals surface area contributed by atoms with Gasteiger partial charge in [-0.15, -0.1) is 0 Å². The second-order valence-electron chi connectivity index (χ2n) is 4.01. The van der Waals surface area contributed by atoms with Crippen LogP contribution in [0.3, 0.4) is 0 Å². The number of rotatable bonds is 4. The first-order valence-electron chi connectivity index (χ1n) is 5.54. The van der Waals surface area contributed by atoms with Gasteiger partial charge < -0.3 is 14.4 Å². The van der Waals surface area contributed by atoms with Crippen LogP contribution in [0.4, 0.5) is 5.69 Å². The molecule has 0 bridgehead atoms. The van der Waals surface area contributed by atoms with Gasteiger partial charge in [0.1, 0.15) is 5.52 Å². The molecule has 1 aromatic carbocycles. The van der Waals surface area contributed by atoms with Gasteiger partial charge in [0.25, 0.3) is 0 Å². The van der Waals surface area contributed by atoms with Gasteiger partial charge in [-0.2, -0.15) is 0 Å². The van der Waals surface area contributed by atoms with Crippen LogP contribution in [0.15, 0.2) is 34.8 Å². The molecule has 0 saturated carbocycles. The molecule has 0 spiro atoms. The molecular weight excluding hydrogens is 232 g/mol. The first kappa shape index (κ1) is 12.2. The maximum atomic E-state index is 10.4. The van der Waals surface area contributed by atoms with Gasteiger partial charge in [0.2, 0.25) is 0 Å². The highest BCUT2D eigenvalue weighted by Gasteiger charge is 2.05. The van der Waals surface area contributed by atoms with E-state index in [0.29, 0.717) is 12.4 Å². The van der Waals surface area contributed by atoms with Crippen LogP contribution in [0.1, 0.15) is 5.89 Å². The van der Waals surface area contributed by atoms with Gasteiger partial charge >= 0.3 is 5.97 Å². The van der Waals surface area contributed by atoms with E-state index >= 15 is 0 Å². The van der Waals surface area contributed by atoms with E-state index in [1.807, 2.05) is 30.1 Å². The predicted octanol–water partition coefficient (Wildman–Crippen LogP) is 2.21. The van der Waals surface area contributed by atoms with Gasteiger partial charge in [-0.05, 0) is 18.2 Å². The van der Waals surface area contributed by atoms with Crippen molar-refractivity contribution in [3.05, 3.63) is 36.2 Å². The fraction of sp³-hybridized carbons (Fsp3) is 0.231. The summed E-state index contributed by atoms with van der Waals surface area (Å²) in [5, 5.41) is 8.51. The van der Waals surface area contributed by atoms with Gasteiger partial charge in [0, 0.05) is 32.3 Å². The standard InChI is InChI=1S/C13H14N2O3/c1-9-14-11-8-10(5-6-12(11)18-9)15(2)7-3-4-13(16)17/h3-6,8H,7H2,1-2H3,(H,16,17)/b4-3+. The number of fused-ring (bicyclic) bond motifs is 1. The fourth-order valence-electron chi connectivity index (χ4n) is 1.69. The average molecular weight is 246 g/mol. The van der Waals surface area contributed by atoms with E-state index in [2.05, 4.69) is 4.98 Å². The molecule has 0 amide bonds. The molecule has 0 fully saturated rings. The van der Waals surface area contributed by atoms with Crippen molar-refractivity contribution in [2.45, 2.75) is 6.92 Å². The minimum Gasteiger partial charge on any atom is -0.478 e. The lowest BCUT2D eigenvalue weighted by molar-refractivity contribution is -0.131. The highest BCUT2D eigenvalue weighted by molar-refractivity contribution is 5.80. The molecule has 1 N–H and O–H groups in total. The maximum absolute atomic E-state index is 10.4. The molecule has 2 rings (SSSR count). The summed E-state index contributed by atoms with van der Waals surface area (Å²) in [5.74, 6) is -0.304. The molecule has 0 aliphatic carbocycles. The first-order chi connectivity index (χ1) is 8.56. The normalized spacial score (nSPS) is 11.2. The lowest BCUT2D eigenvalue weighted by Gasteiger charge is -2.16. The highest BCUT2D eigenvalue weighted by Crippen LogP contribution is 2.21. The zero-order valence-electron chi connectivity index (χ0n) is 10.3. The molecule has 2 aromatic rings. The summed E-state index contributed by atoms with van der Waals surface area (Å²) in [7, 11) is 1.89. The number of hydrogen-bond acceptors (Lipinski definition) is 4. The van der Waals surface area contributed by atoms with Crippen molar-refractivity contribution in [1.29, 1.82) is 0 Å². The molecule has 5 nitrogen and oxygen atoms in total. The van der Waals surface area contributed by atoms with Crippen LogP contribution >= 0.6 is 0 Å². The first-order valence-corrected chi connectivity index (χ1v) is 5.54. The summed E-state index contributed by atoms with van der Waals surface area (Å²) < 4.78 is 5.39. The van der Waals surface area contributed by atoms with Crippen LogP contribution in [0, 0.1) is 6.92 Å². The van der Waals surface area contributed by atoms with Crippen LogP contribution in [-0.4, -0.2) is 29.7 Å². The van der Waals surface area contributed by atoms with Gasteiger partial charge in [-0.3, -0.25) is 0 Å². The van der Waals surface area contributed by atoms with E-state index in [0.717, 1.165) is 22.9 Å². The summed E-state index contributed by atoms with van der Waals surface area (Å²) in [6.07, 6.45) is 2.73. The Labute approximate surface area is 104 Å². The molecule has 0 atom stereocenters. The van der Waals surface area contributed by atoms with Crippen LogP contribution < -0.4 is 4.90 Å². The van der Waals surface area contributed by atoms with Crippen molar-refractivity contribution < 1.29 is 14.3 Å². The van der Waals surface area contributed by atoms with Crippen molar-refractivity contribution in [2.75, 3.05) is 18.5 Å². The van der Waals surface area contributed by atoms with E-state index in [9.17, 15) is 4.79 Å². The SMILES string of the molecule is Cc1nc2cc(N(C)C/C=C/C(=O)O)ccc2o1. The van der Waals surface area contributed by atoms with Gasteiger partial charge in [0.15, 0.2) is 11.5 Å². The zero-order valence-corrected chi connectivity index (χ0v) is 10.3. The third kappa shape index (κ3) is 2.68. The quantitative estimate of drug-likeness (QED) is 0.838. The number of carbonyl (C=O) groups is 1. The Morgan fingerprint density at radius 2 is 2.33 bits per heavy atom. The van der Waals surface area contributed by atoms with Crippen LogP contribution in [0.25, 0.3) is 11.1 Å². The molecule has 0 unspecified atom stereocenters. The molecule has 1 aromatic heterocycles. The summed E-state index contributed by atoms with van der Waals surface area (Å²) in [4.78, 5) is 16.6. The molecule has 5 heteroatoms. The van der Waals surface area contributed by atoms with E-state index < -0.39 is 5.97 Å². The van der Waals surface area contributed by atoms with Gasteiger partial charge in [-0.1, -0.05) is 6.08 Å². The topological polar surface area (TPSA) is 66.6 Å². The average Bonchev–Trinajstić information content (AvgIpc) is 2.67. The van der Waals surface area contributed by atoms with E-state index in [1.54, 1.807) is 13.0 Å². The summed E-state index contributed by atoms with van der Waals surface area (Å²) in [5.41, 5.74) is 2.52. The fourth-order valence-corrected chi connectivity index (χ4v) is 1.69. The number of anilines is 1. The predicted molar refractivity (Wildman–Crippen MR) is 68.8 cm³/mol. The second kappa shape index (κ2) is 4.91. The number of aryl methyl sites for hydroxylation is 1. The molecule has 94 valence electrons. The minimum atomic E-state index is -0.939. The number of nitrogens with zero attached hydrogens (tertiary/aromatic N) is 2. The zero-order chi connectivity index (χ0) is 13.1. The van der Waals surface area contributed by atoms with Gasteiger partial charge in [0.05, 0.1) is 0 Å². The minimum absolute atomic E-state index is 0.522. The van der Waals surface area contributed by atoms with Gasteiger partial charge in [-0.25, -0.2) is 9.78 Å². The largest absolute Gasteiger partial charge is 0.478 e. The lowest BCUT2D eigenvalue weighted by atomic mass is 10.2. The number of likely N-dealkylation sites (N-methyl/N-ethyl adjacent to an activating group) is 1. The summed E-state index contributed by atoms with van der Waals surface area (Å²) in [6.45, 7) is 2.33. The van der Waals surface area contributed by atoms with Crippen molar-refractivity contribution in [3.8, 4) is 0 Å². The molecular formula is C13H14N2O3. The van der Waals surface area contributed by atoms with Crippen LogP contribution in [-0.2, 0) is 4.79 Å². The van der Waals surface area contributed by atoms with Crippen LogP contribution in [0.2, 0.25) is 0 Å². The molecule has 1 heterocycles.